The monoisotopic (exact) mass is 299 g/mol. The fraction of sp³-hybridized carbons (Fsp3) is 0.938. The van der Waals surface area contributed by atoms with E-state index in [1.165, 1.54) is 0 Å². The predicted octanol–water partition coefficient (Wildman–Crippen LogP) is 2.49. The molecule has 1 spiro atoms. The molecule has 0 saturated carbocycles. The second-order valence-electron chi connectivity index (χ2n) is 6.95. The largest absolute Gasteiger partial charge is 0.480 e. The Hall–Kier alpha value is -0.650. The van der Waals surface area contributed by atoms with Crippen LogP contribution in [-0.2, 0) is 14.3 Å². The van der Waals surface area contributed by atoms with Gasteiger partial charge in [0, 0.05) is 23.4 Å². The normalized spacial score (nSPS) is 39.8. The lowest BCUT2D eigenvalue weighted by molar-refractivity contribution is -0.280. The van der Waals surface area contributed by atoms with Crippen LogP contribution in [0.2, 0.25) is 0 Å². The summed E-state index contributed by atoms with van der Waals surface area (Å²) in [5, 5.41) is 9.36. The summed E-state index contributed by atoms with van der Waals surface area (Å²) in [6.07, 6.45) is 2.46. The van der Waals surface area contributed by atoms with Gasteiger partial charge < -0.3 is 14.6 Å². The first-order chi connectivity index (χ1) is 9.74. The third-order valence-corrected chi connectivity index (χ3v) is 6.04. The van der Waals surface area contributed by atoms with Crippen molar-refractivity contribution < 1.29 is 19.4 Å². The molecule has 0 aromatic rings. The summed E-state index contributed by atoms with van der Waals surface area (Å²) < 4.78 is 12.1. The average molecular weight is 299 g/mol. The Kier molecular flexibility index (Phi) is 4.40. The lowest BCUT2D eigenvalue weighted by Gasteiger charge is -2.62. The van der Waals surface area contributed by atoms with E-state index in [1.807, 2.05) is 0 Å². The maximum absolute atomic E-state index is 11.4. The molecule has 0 bridgehead atoms. The number of carboxylic acids is 1. The van der Waals surface area contributed by atoms with Gasteiger partial charge in [-0.2, -0.15) is 0 Å². The van der Waals surface area contributed by atoms with Crippen molar-refractivity contribution in [3.63, 3.8) is 0 Å². The smallest absolute Gasteiger partial charge is 0.317 e. The summed E-state index contributed by atoms with van der Waals surface area (Å²) in [7, 11) is 0. The van der Waals surface area contributed by atoms with E-state index < -0.39 is 11.8 Å². The third-order valence-electron chi connectivity index (χ3n) is 6.04. The highest BCUT2D eigenvalue weighted by Crippen LogP contribution is 2.53. The van der Waals surface area contributed by atoms with Gasteiger partial charge in [0.1, 0.15) is 0 Å². The maximum Gasteiger partial charge on any atom is 0.317 e. The van der Waals surface area contributed by atoms with Gasteiger partial charge in [-0.1, -0.05) is 20.8 Å². The molecule has 2 aliphatic heterocycles. The molecule has 2 aliphatic rings. The van der Waals surface area contributed by atoms with Crippen LogP contribution in [-0.4, -0.2) is 52.6 Å². The number of nitrogens with zero attached hydrogens (tertiary/aromatic N) is 1. The maximum atomic E-state index is 11.4. The second-order valence-corrected chi connectivity index (χ2v) is 6.95. The molecule has 2 saturated heterocycles. The lowest BCUT2D eigenvalue weighted by Crippen LogP contribution is -2.72. The summed E-state index contributed by atoms with van der Waals surface area (Å²) in [6.45, 7) is 12.0. The van der Waals surface area contributed by atoms with Crippen molar-refractivity contribution in [2.75, 3.05) is 19.8 Å². The molecule has 0 radical (unpaired) electrons. The lowest BCUT2D eigenvalue weighted by atomic mass is 9.66. The summed E-state index contributed by atoms with van der Waals surface area (Å²) in [5.41, 5.74) is -0.494. The van der Waals surface area contributed by atoms with Crippen LogP contribution in [0.1, 0.15) is 53.9 Å². The van der Waals surface area contributed by atoms with E-state index in [0.717, 1.165) is 19.3 Å². The molecular formula is C16H29NO4. The van der Waals surface area contributed by atoms with Gasteiger partial charge in [-0.25, -0.2) is 0 Å². The zero-order valence-electron chi connectivity index (χ0n) is 13.9. The molecule has 2 fully saturated rings. The number of hydrogen-bond donors (Lipinski definition) is 1. The van der Waals surface area contributed by atoms with Crippen molar-refractivity contribution in [3.8, 4) is 0 Å². The highest BCUT2D eigenvalue weighted by atomic mass is 16.7. The Morgan fingerprint density at radius 2 is 1.81 bits per heavy atom. The van der Waals surface area contributed by atoms with Crippen molar-refractivity contribution in [2.45, 2.75) is 70.7 Å². The van der Waals surface area contributed by atoms with Crippen LogP contribution < -0.4 is 0 Å². The number of carbonyl (C=O) groups is 1. The van der Waals surface area contributed by atoms with E-state index >= 15 is 0 Å². The first kappa shape index (κ1) is 16.7. The van der Waals surface area contributed by atoms with Gasteiger partial charge in [-0.15, -0.1) is 0 Å². The molecule has 2 heterocycles. The van der Waals surface area contributed by atoms with Crippen LogP contribution in [0, 0.1) is 5.92 Å². The molecular weight excluding hydrogens is 270 g/mol. The second kappa shape index (κ2) is 5.52. The summed E-state index contributed by atoms with van der Waals surface area (Å²) in [6, 6.07) is 0. The van der Waals surface area contributed by atoms with Gasteiger partial charge in [0.25, 0.3) is 0 Å². The molecule has 0 amide bonds. The van der Waals surface area contributed by atoms with Crippen molar-refractivity contribution in [1.29, 1.82) is 0 Å². The van der Waals surface area contributed by atoms with Crippen LogP contribution in [0.25, 0.3) is 0 Å². The van der Waals surface area contributed by atoms with Crippen molar-refractivity contribution in [1.82, 2.24) is 4.90 Å². The minimum Gasteiger partial charge on any atom is -0.480 e. The third kappa shape index (κ3) is 2.49. The molecule has 3 unspecified atom stereocenters. The van der Waals surface area contributed by atoms with Gasteiger partial charge >= 0.3 is 5.97 Å². The van der Waals surface area contributed by atoms with Crippen LogP contribution in [0.15, 0.2) is 0 Å². The molecule has 2 rings (SSSR count). The minimum atomic E-state index is -0.772. The fourth-order valence-electron chi connectivity index (χ4n) is 4.25. The number of piperidine rings is 1. The van der Waals surface area contributed by atoms with Crippen molar-refractivity contribution in [3.05, 3.63) is 0 Å². The SMILES string of the molecule is CCC1(C)CC2(OCCO2)C(C)C(C)(CC)N1CC(=O)O. The first-order valence-electron chi connectivity index (χ1n) is 8.01. The molecule has 0 aromatic heterocycles. The first-order valence-corrected chi connectivity index (χ1v) is 8.01. The van der Waals surface area contributed by atoms with E-state index in [4.69, 9.17) is 9.47 Å². The standard InChI is InChI=1S/C16H29NO4/c1-6-14(4)11-16(20-8-9-21-16)12(3)15(5,7-2)17(14)10-13(18)19/h12H,6-11H2,1-5H3,(H,18,19). The van der Waals surface area contributed by atoms with Gasteiger partial charge in [0.05, 0.1) is 19.8 Å². The summed E-state index contributed by atoms with van der Waals surface area (Å²) in [4.78, 5) is 13.6. The predicted molar refractivity (Wildman–Crippen MR) is 80.1 cm³/mol. The molecule has 3 atom stereocenters. The molecule has 5 heteroatoms. The fourth-order valence-corrected chi connectivity index (χ4v) is 4.25. The van der Waals surface area contributed by atoms with E-state index in [9.17, 15) is 9.90 Å². The summed E-state index contributed by atoms with van der Waals surface area (Å²) in [5.74, 6) is -1.22. The quantitative estimate of drug-likeness (QED) is 0.864. The van der Waals surface area contributed by atoms with E-state index in [-0.39, 0.29) is 23.5 Å². The number of aliphatic carboxylic acids is 1. The molecule has 5 nitrogen and oxygen atoms in total. The number of likely N-dealkylation sites (tertiary alicyclic amines) is 1. The van der Waals surface area contributed by atoms with Crippen LogP contribution in [0.4, 0.5) is 0 Å². The van der Waals surface area contributed by atoms with E-state index in [2.05, 4.69) is 39.5 Å². The van der Waals surface area contributed by atoms with Crippen molar-refractivity contribution >= 4 is 5.97 Å². The van der Waals surface area contributed by atoms with Gasteiger partial charge in [0.2, 0.25) is 0 Å². The zero-order chi connectivity index (χ0) is 15.9. The zero-order valence-corrected chi connectivity index (χ0v) is 13.9. The average Bonchev–Trinajstić information content (AvgIpc) is 2.90. The Morgan fingerprint density at radius 1 is 1.24 bits per heavy atom. The highest BCUT2D eigenvalue weighted by Gasteiger charge is 2.62. The van der Waals surface area contributed by atoms with Gasteiger partial charge in [-0.05, 0) is 26.7 Å². The van der Waals surface area contributed by atoms with Crippen LogP contribution in [0.5, 0.6) is 0 Å². The van der Waals surface area contributed by atoms with Crippen molar-refractivity contribution in [2.24, 2.45) is 5.92 Å². The Bertz CT molecular complexity index is 407. The minimum absolute atomic E-state index is 0.0646. The van der Waals surface area contributed by atoms with E-state index in [1.54, 1.807) is 0 Å². The van der Waals surface area contributed by atoms with E-state index in [0.29, 0.717) is 13.2 Å². The Balaban J connectivity index is 2.47. The molecule has 0 aliphatic carbocycles. The summed E-state index contributed by atoms with van der Waals surface area (Å²) >= 11 is 0. The highest BCUT2D eigenvalue weighted by molar-refractivity contribution is 5.69. The topological polar surface area (TPSA) is 59.0 Å². The van der Waals surface area contributed by atoms with Gasteiger partial charge in [-0.3, -0.25) is 9.69 Å². The van der Waals surface area contributed by atoms with Crippen LogP contribution in [0.3, 0.4) is 0 Å². The number of rotatable bonds is 4. The molecule has 0 aromatic carbocycles. The molecule has 21 heavy (non-hydrogen) atoms. The number of carboxylic acid groups (broad SMARTS) is 1. The Morgan fingerprint density at radius 3 is 2.24 bits per heavy atom. The van der Waals surface area contributed by atoms with Gasteiger partial charge in [0.15, 0.2) is 5.79 Å². The van der Waals surface area contributed by atoms with Crippen LogP contribution >= 0.6 is 0 Å². The molecule has 1 N–H and O–H groups in total. The Labute approximate surface area is 127 Å². The number of ether oxygens (including phenoxy) is 2. The number of hydrogen-bond acceptors (Lipinski definition) is 4. The molecule has 122 valence electrons.